The molecule has 0 unspecified atom stereocenters. The number of benzene rings is 2. The fourth-order valence-corrected chi connectivity index (χ4v) is 5.25. The predicted molar refractivity (Wildman–Crippen MR) is 132 cm³/mol. The molecule has 35 heavy (non-hydrogen) atoms. The van der Waals surface area contributed by atoms with E-state index in [1.54, 1.807) is 19.1 Å². The van der Waals surface area contributed by atoms with E-state index in [0.29, 0.717) is 11.5 Å². The summed E-state index contributed by atoms with van der Waals surface area (Å²) in [6.07, 6.45) is 5.05. The Morgan fingerprint density at radius 3 is 2.43 bits per heavy atom. The molecule has 0 saturated heterocycles. The van der Waals surface area contributed by atoms with Crippen molar-refractivity contribution in [3.8, 4) is 11.5 Å². The van der Waals surface area contributed by atoms with E-state index >= 15 is 0 Å². The maximum atomic E-state index is 13.6. The molecule has 1 aliphatic carbocycles. The van der Waals surface area contributed by atoms with Crippen molar-refractivity contribution in [1.29, 1.82) is 0 Å². The maximum Gasteiger partial charge on any atom is 0.244 e. The van der Waals surface area contributed by atoms with Crippen LogP contribution in [0.25, 0.3) is 0 Å². The first-order chi connectivity index (χ1) is 16.7. The minimum Gasteiger partial charge on any atom is -0.454 e. The van der Waals surface area contributed by atoms with E-state index < -0.39 is 28.5 Å². The summed E-state index contributed by atoms with van der Waals surface area (Å²) in [5.41, 5.74) is 1.13. The van der Waals surface area contributed by atoms with Crippen molar-refractivity contribution < 1.29 is 27.5 Å². The molecule has 188 valence electrons. The van der Waals surface area contributed by atoms with Crippen molar-refractivity contribution in [3.63, 3.8) is 0 Å². The predicted octanol–water partition coefficient (Wildman–Crippen LogP) is 2.66. The minimum atomic E-state index is -3.81. The van der Waals surface area contributed by atoms with Gasteiger partial charge in [-0.25, -0.2) is 8.42 Å². The molecular weight excluding hydrogens is 470 g/mol. The minimum absolute atomic E-state index is 0.0507. The standard InChI is InChI=1S/C25H31N3O6S/c1-18(25(30)26-20-10-6-7-11-20)27(15-19-8-4-3-5-9-19)24(29)16-28(35(2,31)32)21-12-13-22-23(14-21)34-17-33-22/h3-5,8-9,12-14,18,20H,6-7,10-11,15-17H2,1-2H3,(H,26,30)/t18-/m0/s1. The highest BCUT2D eigenvalue weighted by atomic mass is 32.2. The van der Waals surface area contributed by atoms with Crippen LogP contribution in [0.3, 0.4) is 0 Å². The number of carbonyl (C=O) groups excluding carboxylic acids is 2. The third-order valence-electron chi connectivity index (χ3n) is 6.39. The molecule has 1 N–H and O–H groups in total. The summed E-state index contributed by atoms with van der Waals surface area (Å²) in [7, 11) is -3.81. The Morgan fingerprint density at radius 2 is 1.74 bits per heavy atom. The second kappa shape index (κ2) is 10.6. The smallest absolute Gasteiger partial charge is 0.244 e. The molecule has 1 heterocycles. The highest BCUT2D eigenvalue weighted by molar-refractivity contribution is 7.92. The van der Waals surface area contributed by atoms with Crippen LogP contribution >= 0.6 is 0 Å². The number of amides is 2. The first-order valence-electron chi connectivity index (χ1n) is 11.7. The van der Waals surface area contributed by atoms with Crippen LogP contribution in [0, 0.1) is 0 Å². The molecule has 1 fully saturated rings. The van der Waals surface area contributed by atoms with Crippen LogP contribution in [0.1, 0.15) is 38.2 Å². The van der Waals surface area contributed by atoms with Crippen LogP contribution in [-0.4, -0.2) is 56.8 Å². The van der Waals surface area contributed by atoms with Gasteiger partial charge in [-0.1, -0.05) is 43.2 Å². The van der Waals surface area contributed by atoms with Crippen LogP contribution in [0.4, 0.5) is 5.69 Å². The second-order valence-corrected chi connectivity index (χ2v) is 10.9. The number of fused-ring (bicyclic) bond motifs is 1. The van der Waals surface area contributed by atoms with Crippen LogP contribution in [0.2, 0.25) is 0 Å². The Balaban J connectivity index is 1.58. The van der Waals surface area contributed by atoms with Crippen molar-refractivity contribution in [3.05, 3.63) is 54.1 Å². The topological polar surface area (TPSA) is 105 Å². The van der Waals surface area contributed by atoms with Gasteiger partial charge in [-0.3, -0.25) is 13.9 Å². The molecule has 9 nitrogen and oxygen atoms in total. The first kappa shape index (κ1) is 24.8. The van der Waals surface area contributed by atoms with Crippen molar-refractivity contribution in [2.75, 3.05) is 23.9 Å². The summed E-state index contributed by atoms with van der Waals surface area (Å²) in [6, 6.07) is 13.4. The van der Waals surface area contributed by atoms with E-state index in [9.17, 15) is 18.0 Å². The average molecular weight is 502 g/mol. The summed E-state index contributed by atoms with van der Waals surface area (Å²) in [5.74, 6) is 0.201. The summed E-state index contributed by atoms with van der Waals surface area (Å²) >= 11 is 0. The molecule has 0 spiro atoms. The van der Waals surface area contributed by atoms with E-state index in [0.717, 1.165) is 41.8 Å². The maximum absolute atomic E-state index is 13.6. The van der Waals surface area contributed by atoms with E-state index in [1.165, 1.54) is 11.0 Å². The molecule has 1 aliphatic heterocycles. The zero-order chi connectivity index (χ0) is 25.0. The van der Waals surface area contributed by atoms with Crippen molar-refractivity contribution in [1.82, 2.24) is 10.2 Å². The van der Waals surface area contributed by atoms with Crippen molar-refractivity contribution in [2.24, 2.45) is 0 Å². The van der Waals surface area contributed by atoms with E-state index in [2.05, 4.69) is 5.32 Å². The summed E-state index contributed by atoms with van der Waals surface area (Å²) < 4.78 is 37.1. The monoisotopic (exact) mass is 501 g/mol. The molecule has 2 aliphatic rings. The van der Waals surface area contributed by atoms with Crippen molar-refractivity contribution in [2.45, 2.75) is 51.2 Å². The van der Waals surface area contributed by atoms with Gasteiger partial charge in [-0.15, -0.1) is 0 Å². The van der Waals surface area contributed by atoms with Gasteiger partial charge in [0.25, 0.3) is 0 Å². The largest absolute Gasteiger partial charge is 0.454 e. The molecule has 0 aromatic heterocycles. The van der Waals surface area contributed by atoms with Gasteiger partial charge in [-0.2, -0.15) is 0 Å². The zero-order valence-electron chi connectivity index (χ0n) is 20.0. The van der Waals surface area contributed by atoms with Gasteiger partial charge >= 0.3 is 0 Å². The number of nitrogens with one attached hydrogen (secondary N) is 1. The normalized spacial score (nSPS) is 16.1. The highest BCUT2D eigenvalue weighted by Gasteiger charge is 2.32. The van der Waals surface area contributed by atoms with E-state index in [4.69, 9.17) is 9.47 Å². The van der Waals surface area contributed by atoms with Gasteiger partial charge in [0.1, 0.15) is 12.6 Å². The van der Waals surface area contributed by atoms with Gasteiger partial charge in [-0.05, 0) is 37.5 Å². The van der Waals surface area contributed by atoms with Crippen LogP contribution in [0.15, 0.2) is 48.5 Å². The third kappa shape index (κ3) is 6.05. The molecule has 10 heteroatoms. The fourth-order valence-electron chi connectivity index (χ4n) is 4.41. The molecule has 1 saturated carbocycles. The lowest BCUT2D eigenvalue weighted by Crippen LogP contribution is -2.52. The Kier molecular flexibility index (Phi) is 7.49. The SMILES string of the molecule is C[C@@H](C(=O)NC1CCCC1)N(Cc1ccccc1)C(=O)CN(c1ccc2c(c1)OCO2)S(C)(=O)=O. The molecule has 2 aromatic carbocycles. The Morgan fingerprint density at radius 1 is 1.06 bits per heavy atom. The number of hydrogen-bond acceptors (Lipinski definition) is 6. The van der Waals surface area contributed by atoms with Crippen LogP contribution in [0.5, 0.6) is 11.5 Å². The molecule has 0 bridgehead atoms. The lowest BCUT2D eigenvalue weighted by Gasteiger charge is -2.32. The summed E-state index contributed by atoms with van der Waals surface area (Å²) in [4.78, 5) is 28.1. The quantitative estimate of drug-likeness (QED) is 0.566. The Bertz CT molecular complexity index is 1160. The molecule has 0 radical (unpaired) electrons. The van der Waals surface area contributed by atoms with Crippen LogP contribution < -0.4 is 19.1 Å². The van der Waals surface area contributed by atoms with E-state index in [-0.39, 0.29) is 31.0 Å². The first-order valence-corrected chi connectivity index (χ1v) is 13.6. The lowest BCUT2D eigenvalue weighted by atomic mass is 10.1. The number of hydrogen-bond donors (Lipinski definition) is 1. The van der Waals surface area contributed by atoms with Gasteiger partial charge in [0.2, 0.25) is 28.6 Å². The average Bonchev–Trinajstić information content (AvgIpc) is 3.51. The van der Waals surface area contributed by atoms with Gasteiger partial charge in [0.05, 0.1) is 11.9 Å². The number of carbonyl (C=O) groups is 2. The van der Waals surface area contributed by atoms with Gasteiger partial charge < -0.3 is 19.7 Å². The second-order valence-electron chi connectivity index (χ2n) is 8.98. The van der Waals surface area contributed by atoms with Crippen LogP contribution in [-0.2, 0) is 26.2 Å². The van der Waals surface area contributed by atoms with Gasteiger partial charge in [0, 0.05) is 18.7 Å². The van der Waals surface area contributed by atoms with E-state index in [1.807, 2.05) is 30.3 Å². The Hall–Kier alpha value is -3.27. The molecule has 1 atom stereocenters. The Labute approximate surface area is 206 Å². The fraction of sp³-hybridized carbons (Fsp3) is 0.440. The van der Waals surface area contributed by atoms with Gasteiger partial charge in [0.15, 0.2) is 11.5 Å². The summed E-state index contributed by atoms with van der Waals surface area (Å²) in [5, 5.41) is 3.05. The van der Waals surface area contributed by atoms with Crippen molar-refractivity contribution >= 4 is 27.5 Å². The lowest BCUT2D eigenvalue weighted by molar-refractivity contribution is -0.139. The number of rotatable bonds is 9. The summed E-state index contributed by atoms with van der Waals surface area (Å²) in [6.45, 7) is 1.45. The molecular formula is C25H31N3O6S. The zero-order valence-corrected chi connectivity index (χ0v) is 20.8. The number of nitrogens with zero attached hydrogens (tertiary/aromatic N) is 2. The number of anilines is 1. The highest BCUT2D eigenvalue weighted by Crippen LogP contribution is 2.36. The third-order valence-corrected chi connectivity index (χ3v) is 7.53. The molecule has 4 rings (SSSR count). The number of sulfonamides is 1. The molecule has 2 amide bonds. The molecule has 2 aromatic rings. The number of ether oxygens (including phenoxy) is 2.